The van der Waals surface area contributed by atoms with Crippen molar-refractivity contribution < 1.29 is 9.13 Å². The van der Waals surface area contributed by atoms with Crippen molar-refractivity contribution in [3.05, 3.63) is 65.1 Å². The molecule has 0 radical (unpaired) electrons. The molecule has 0 aliphatic rings. The summed E-state index contributed by atoms with van der Waals surface area (Å²) in [6, 6.07) is 11.8. The Morgan fingerprint density at radius 2 is 2.00 bits per heavy atom. The van der Waals surface area contributed by atoms with Crippen LogP contribution in [-0.4, -0.2) is 12.1 Å². The summed E-state index contributed by atoms with van der Waals surface area (Å²) >= 11 is 6.08. The molecule has 0 saturated carbocycles. The van der Waals surface area contributed by atoms with Crippen LogP contribution in [0.5, 0.6) is 5.75 Å². The average molecular weight is 331 g/mol. The second kappa shape index (κ2) is 6.42. The predicted molar refractivity (Wildman–Crippen MR) is 91.7 cm³/mol. The first-order valence-electron chi connectivity index (χ1n) is 7.22. The van der Waals surface area contributed by atoms with Crippen molar-refractivity contribution in [3.63, 3.8) is 0 Å². The van der Waals surface area contributed by atoms with Gasteiger partial charge in [0.15, 0.2) is 0 Å². The number of methoxy groups -OCH3 is 1. The van der Waals surface area contributed by atoms with Crippen LogP contribution in [0.15, 0.2) is 48.7 Å². The maximum absolute atomic E-state index is 14.1. The number of rotatable bonds is 4. The zero-order valence-electron chi connectivity index (χ0n) is 12.8. The third-order valence-electron chi connectivity index (χ3n) is 3.75. The minimum absolute atomic E-state index is 0.241. The summed E-state index contributed by atoms with van der Waals surface area (Å²) in [5.74, 6) is 0.347. The van der Waals surface area contributed by atoms with Gasteiger partial charge in [-0.3, -0.25) is 4.98 Å². The molecule has 118 valence electrons. The third-order valence-corrected chi connectivity index (χ3v) is 3.98. The maximum atomic E-state index is 14.1. The van der Waals surface area contributed by atoms with Crippen molar-refractivity contribution >= 4 is 28.2 Å². The molecule has 3 aromatic rings. The van der Waals surface area contributed by atoms with E-state index in [0.717, 1.165) is 16.6 Å². The normalized spacial score (nSPS) is 12.2. The molecule has 0 saturated heterocycles. The number of halogens is 2. The van der Waals surface area contributed by atoms with Crippen molar-refractivity contribution in [3.8, 4) is 5.75 Å². The second-order valence-electron chi connectivity index (χ2n) is 5.27. The zero-order chi connectivity index (χ0) is 16.4. The van der Waals surface area contributed by atoms with Crippen molar-refractivity contribution in [2.24, 2.45) is 0 Å². The highest BCUT2D eigenvalue weighted by atomic mass is 35.5. The number of benzene rings is 2. The Bertz CT molecular complexity index is 854. The van der Waals surface area contributed by atoms with E-state index in [-0.39, 0.29) is 11.9 Å². The van der Waals surface area contributed by atoms with E-state index in [1.807, 2.05) is 25.1 Å². The Balaban J connectivity index is 1.97. The number of fused-ring (bicyclic) bond motifs is 1. The van der Waals surface area contributed by atoms with Gasteiger partial charge in [-0.2, -0.15) is 0 Å². The molecular formula is C18H16ClFN2O. The standard InChI is InChI=1S/C18H16ClFN2O/c1-11(14-10-13(23-2)4-5-16(14)20)22-18-7-8-21-17-6-3-12(19)9-15(17)18/h3-11H,1-2H3,(H,21,22)/t11-/m1/s1. The molecule has 0 bridgehead atoms. The third kappa shape index (κ3) is 3.22. The summed E-state index contributed by atoms with van der Waals surface area (Å²) in [4.78, 5) is 4.32. The van der Waals surface area contributed by atoms with E-state index in [1.165, 1.54) is 6.07 Å². The lowest BCUT2D eigenvalue weighted by atomic mass is 10.1. The fourth-order valence-electron chi connectivity index (χ4n) is 2.54. The van der Waals surface area contributed by atoms with Crippen LogP contribution >= 0.6 is 11.6 Å². The molecule has 2 aromatic carbocycles. The summed E-state index contributed by atoms with van der Waals surface area (Å²) in [6.45, 7) is 1.90. The topological polar surface area (TPSA) is 34.1 Å². The minimum Gasteiger partial charge on any atom is -0.497 e. The number of hydrogen-bond acceptors (Lipinski definition) is 3. The predicted octanol–water partition coefficient (Wildman–Crippen LogP) is 5.21. The molecule has 0 aliphatic heterocycles. The summed E-state index contributed by atoms with van der Waals surface area (Å²) in [5, 5.41) is 4.86. The van der Waals surface area contributed by atoms with Gasteiger partial charge in [0.05, 0.1) is 18.7 Å². The molecular weight excluding hydrogens is 315 g/mol. The lowest BCUT2D eigenvalue weighted by molar-refractivity contribution is 0.412. The number of nitrogens with one attached hydrogen (secondary N) is 1. The van der Waals surface area contributed by atoms with Crippen LogP contribution in [0.1, 0.15) is 18.5 Å². The van der Waals surface area contributed by atoms with Crippen LogP contribution in [0.3, 0.4) is 0 Å². The number of nitrogens with zero attached hydrogens (tertiary/aromatic N) is 1. The highest BCUT2D eigenvalue weighted by molar-refractivity contribution is 6.31. The maximum Gasteiger partial charge on any atom is 0.128 e. The first-order chi connectivity index (χ1) is 11.1. The largest absolute Gasteiger partial charge is 0.497 e. The number of aromatic nitrogens is 1. The van der Waals surface area contributed by atoms with E-state index in [1.54, 1.807) is 31.5 Å². The second-order valence-corrected chi connectivity index (χ2v) is 5.71. The first-order valence-corrected chi connectivity index (χ1v) is 7.60. The monoisotopic (exact) mass is 330 g/mol. The van der Waals surface area contributed by atoms with Gasteiger partial charge >= 0.3 is 0 Å². The first kappa shape index (κ1) is 15.6. The molecule has 0 unspecified atom stereocenters. The zero-order valence-corrected chi connectivity index (χ0v) is 13.6. The molecule has 1 N–H and O–H groups in total. The fraction of sp³-hybridized carbons (Fsp3) is 0.167. The number of hydrogen-bond donors (Lipinski definition) is 1. The molecule has 5 heteroatoms. The summed E-state index contributed by atoms with van der Waals surface area (Å²) in [5.41, 5.74) is 2.22. The molecule has 23 heavy (non-hydrogen) atoms. The van der Waals surface area contributed by atoms with Crippen molar-refractivity contribution in [2.75, 3.05) is 12.4 Å². The van der Waals surface area contributed by atoms with Gasteiger partial charge in [0, 0.05) is 27.9 Å². The SMILES string of the molecule is COc1ccc(F)c([C@@H](C)Nc2ccnc3ccc(Cl)cc23)c1. The van der Waals surface area contributed by atoms with Gasteiger partial charge in [-0.15, -0.1) is 0 Å². The Kier molecular flexibility index (Phi) is 4.35. The van der Waals surface area contributed by atoms with E-state index in [4.69, 9.17) is 16.3 Å². The van der Waals surface area contributed by atoms with Crippen LogP contribution in [0.25, 0.3) is 10.9 Å². The van der Waals surface area contributed by atoms with Crippen LogP contribution in [0.4, 0.5) is 10.1 Å². The molecule has 0 fully saturated rings. The smallest absolute Gasteiger partial charge is 0.128 e. The summed E-state index contributed by atoms with van der Waals surface area (Å²) < 4.78 is 19.3. The van der Waals surface area contributed by atoms with Crippen LogP contribution < -0.4 is 10.1 Å². The highest BCUT2D eigenvalue weighted by Crippen LogP contribution is 2.30. The molecule has 1 atom stereocenters. The lowest BCUT2D eigenvalue weighted by Crippen LogP contribution is -2.09. The Morgan fingerprint density at radius 1 is 1.17 bits per heavy atom. The van der Waals surface area contributed by atoms with E-state index in [2.05, 4.69) is 10.3 Å². The average Bonchev–Trinajstić information content (AvgIpc) is 2.55. The van der Waals surface area contributed by atoms with Crippen LogP contribution in [0.2, 0.25) is 5.02 Å². The van der Waals surface area contributed by atoms with E-state index in [9.17, 15) is 4.39 Å². The van der Waals surface area contributed by atoms with Gasteiger partial charge in [0.1, 0.15) is 11.6 Å². The summed E-state index contributed by atoms with van der Waals surface area (Å²) in [7, 11) is 1.56. The molecule has 1 heterocycles. The van der Waals surface area contributed by atoms with Gasteiger partial charge in [-0.1, -0.05) is 11.6 Å². The Hall–Kier alpha value is -2.33. The Labute approximate surface area is 139 Å². The minimum atomic E-state index is -0.276. The van der Waals surface area contributed by atoms with Gasteiger partial charge in [-0.05, 0) is 49.4 Å². The van der Waals surface area contributed by atoms with Crippen LogP contribution in [-0.2, 0) is 0 Å². The molecule has 3 nitrogen and oxygen atoms in total. The number of ether oxygens (including phenoxy) is 1. The van der Waals surface area contributed by atoms with Crippen LogP contribution in [0, 0.1) is 5.82 Å². The van der Waals surface area contributed by atoms with Crippen molar-refractivity contribution in [1.29, 1.82) is 0 Å². The van der Waals surface area contributed by atoms with Gasteiger partial charge in [0.2, 0.25) is 0 Å². The molecule has 0 spiro atoms. The van der Waals surface area contributed by atoms with E-state index >= 15 is 0 Å². The Morgan fingerprint density at radius 3 is 2.78 bits per heavy atom. The van der Waals surface area contributed by atoms with E-state index in [0.29, 0.717) is 16.3 Å². The van der Waals surface area contributed by atoms with Crippen molar-refractivity contribution in [1.82, 2.24) is 4.98 Å². The lowest BCUT2D eigenvalue weighted by Gasteiger charge is -2.18. The quantitative estimate of drug-likeness (QED) is 0.713. The number of pyridine rings is 1. The molecule has 0 amide bonds. The van der Waals surface area contributed by atoms with Gasteiger partial charge < -0.3 is 10.1 Å². The highest BCUT2D eigenvalue weighted by Gasteiger charge is 2.13. The van der Waals surface area contributed by atoms with Gasteiger partial charge in [-0.25, -0.2) is 4.39 Å². The van der Waals surface area contributed by atoms with E-state index < -0.39 is 0 Å². The number of anilines is 1. The summed E-state index contributed by atoms with van der Waals surface area (Å²) in [6.07, 6.45) is 1.72. The molecule has 0 aliphatic carbocycles. The molecule has 3 rings (SSSR count). The van der Waals surface area contributed by atoms with Gasteiger partial charge in [0.25, 0.3) is 0 Å². The van der Waals surface area contributed by atoms with Crippen molar-refractivity contribution in [2.45, 2.75) is 13.0 Å². The fourth-order valence-corrected chi connectivity index (χ4v) is 2.71. The molecule has 1 aromatic heterocycles.